The summed E-state index contributed by atoms with van der Waals surface area (Å²) in [4.78, 5) is 13.0. The first kappa shape index (κ1) is 12.5. The molecule has 0 spiro atoms. The van der Waals surface area contributed by atoms with Gasteiger partial charge in [0.1, 0.15) is 5.82 Å². The Hall–Kier alpha value is -2.50. The number of nitrogens with zero attached hydrogens (tertiary/aromatic N) is 1. The van der Waals surface area contributed by atoms with Gasteiger partial charge in [0.2, 0.25) is 0 Å². The molecule has 0 bridgehead atoms. The molecule has 3 rings (SSSR count). The summed E-state index contributed by atoms with van der Waals surface area (Å²) in [7, 11) is 0. The predicted octanol–water partition coefficient (Wildman–Crippen LogP) is 3.66. The van der Waals surface area contributed by atoms with Crippen LogP contribution in [0.5, 0.6) is 0 Å². The van der Waals surface area contributed by atoms with Gasteiger partial charge < -0.3 is 5.32 Å². The fourth-order valence-electron chi connectivity index (χ4n) is 2.14. The average molecular weight is 278 g/mol. The second-order valence-corrected chi connectivity index (χ2v) is 4.39. The van der Waals surface area contributed by atoms with Gasteiger partial charge in [0.15, 0.2) is 11.6 Å². The minimum absolute atomic E-state index is 0.0285. The van der Waals surface area contributed by atoms with Crippen molar-refractivity contribution in [2.24, 2.45) is 0 Å². The molecule has 2 aromatic rings. The molecule has 1 N–H and O–H groups in total. The number of halogens is 3. The third-order valence-corrected chi connectivity index (χ3v) is 3.10. The van der Waals surface area contributed by atoms with E-state index in [9.17, 15) is 18.0 Å². The Balaban J connectivity index is 2.04. The molecule has 1 aliphatic rings. The number of hydrogen-bond acceptors (Lipinski definition) is 1. The molecule has 20 heavy (non-hydrogen) atoms. The topological polar surface area (TPSA) is 32.3 Å². The largest absolute Gasteiger partial charge is 0.326 e. The van der Waals surface area contributed by atoms with Crippen molar-refractivity contribution in [1.29, 1.82) is 0 Å². The first-order chi connectivity index (χ1) is 9.56. The highest BCUT2D eigenvalue weighted by atomic mass is 19.2. The van der Waals surface area contributed by atoms with E-state index in [0.717, 1.165) is 11.0 Å². The van der Waals surface area contributed by atoms with E-state index >= 15 is 0 Å². The Bertz CT molecular complexity index is 703. The van der Waals surface area contributed by atoms with Crippen LogP contribution in [0.3, 0.4) is 0 Å². The van der Waals surface area contributed by atoms with Crippen molar-refractivity contribution < 1.29 is 18.0 Å². The van der Waals surface area contributed by atoms with Gasteiger partial charge in [-0.2, -0.15) is 0 Å². The second kappa shape index (κ2) is 4.56. The summed E-state index contributed by atoms with van der Waals surface area (Å²) in [6.45, 7) is -0.0285. The van der Waals surface area contributed by atoms with Gasteiger partial charge in [-0.05, 0) is 35.9 Å². The highest BCUT2D eigenvalue weighted by Gasteiger charge is 2.27. The van der Waals surface area contributed by atoms with Crippen LogP contribution >= 0.6 is 0 Å². The summed E-state index contributed by atoms with van der Waals surface area (Å²) in [6, 6.07) is 6.88. The first-order valence-corrected chi connectivity index (χ1v) is 5.87. The zero-order valence-corrected chi connectivity index (χ0v) is 10.2. The van der Waals surface area contributed by atoms with Crippen LogP contribution in [0, 0.1) is 17.5 Å². The lowest BCUT2D eigenvalue weighted by atomic mass is 10.1. The monoisotopic (exact) mass is 278 g/mol. The number of hydrogen-bond donors (Lipinski definition) is 1. The summed E-state index contributed by atoms with van der Waals surface area (Å²) < 4.78 is 40.2. The molecule has 2 amide bonds. The van der Waals surface area contributed by atoms with Crippen molar-refractivity contribution in [3.8, 4) is 0 Å². The van der Waals surface area contributed by atoms with Crippen LogP contribution in [-0.4, -0.2) is 6.03 Å². The number of amides is 2. The summed E-state index contributed by atoms with van der Waals surface area (Å²) in [5.74, 6) is -2.61. The quantitative estimate of drug-likeness (QED) is 0.848. The standard InChI is InChI=1S/C14H9F3N2O/c15-9-4-5-11-8(6-9)7-19(14(20)18-11)12-3-1-2-10(16)13(12)17/h1-6H,7H2,(H,18,20). The number of nitrogens with one attached hydrogen (secondary N) is 1. The Morgan fingerprint density at radius 2 is 1.90 bits per heavy atom. The third kappa shape index (κ3) is 1.99. The third-order valence-electron chi connectivity index (χ3n) is 3.10. The summed E-state index contributed by atoms with van der Waals surface area (Å²) in [5, 5.41) is 2.51. The molecule has 1 aliphatic heterocycles. The molecule has 1 heterocycles. The fraction of sp³-hybridized carbons (Fsp3) is 0.0714. The molecular formula is C14H9F3N2O. The van der Waals surface area contributed by atoms with E-state index in [0.29, 0.717) is 11.3 Å². The lowest BCUT2D eigenvalue weighted by molar-refractivity contribution is 0.255. The molecular weight excluding hydrogens is 269 g/mol. The van der Waals surface area contributed by atoms with Crippen molar-refractivity contribution >= 4 is 17.4 Å². The number of carbonyl (C=O) groups is 1. The SMILES string of the molecule is O=C1Nc2ccc(F)cc2CN1c1cccc(F)c1F. The highest BCUT2D eigenvalue weighted by Crippen LogP contribution is 2.30. The first-order valence-electron chi connectivity index (χ1n) is 5.87. The predicted molar refractivity (Wildman–Crippen MR) is 68.0 cm³/mol. The van der Waals surface area contributed by atoms with Crippen molar-refractivity contribution in [2.75, 3.05) is 10.2 Å². The smallest absolute Gasteiger partial charge is 0.307 e. The van der Waals surface area contributed by atoms with Crippen LogP contribution in [0.1, 0.15) is 5.56 Å². The zero-order valence-electron chi connectivity index (χ0n) is 10.2. The van der Waals surface area contributed by atoms with Gasteiger partial charge in [0.05, 0.1) is 12.2 Å². The Morgan fingerprint density at radius 3 is 2.70 bits per heavy atom. The van der Waals surface area contributed by atoms with Crippen LogP contribution in [0.4, 0.5) is 29.3 Å². The van der Waals surface area contributed by atoms with Crippen LogP contribution in [-0.2, 0) is 6.54 Å². The normalized spacial score (nSPS) is 13.9. The van der Waals surface area contributed by atoms with E-state index in [4.69, 9.17) is 0 Å². The Morgan fingerprint density at radius 1 is 1.10 bits per heavy atom. The number of benzene rings is 2. The molecule has 0 radical (unpaired) electrons. The molecule has 3 nitrogen and oxygen atoms in total. The minimum atomic E-state index is -1.11. The molecule has 2 aromatic carbocycles. The second-order valence-electron chi connectivity index (χ2n) is 4.39. The van der Waals surface area contributed by atoms with Crippen LogP contribution in [0.25, 0.3) is 0 Å². The maximum absolute atomic E-state index is 13.7. The lowest BCUT2D eigenvalue weighted by Gasteiger charge is -2.29. The molecule has 0 saturated carbocycles. The summed E-state index contributed by atoms with van der Waals surface area (Å²) >= 11 is 0. The fourth-order valence-corrected chi connectivity index (χ4v) is 2.14. The van der Waals surface area contributed by atoms with Crippen molar-refractivity contribution in [3.63, 3.8) is 0 Å². The van der Waals surface area contributed by atoms with E-state index in [-0.39, 0.29) is 12.2 Å². The van der Waals surface area contributed by atoms with Gasteiger partial charge in [-0.1, -0.05) is 6.07 Å². The van der Waals surface area contributed by atoms with Gasteiger partial charge in [0.25, 0.3) is 0 Å². The molecule has 0 fully saturated rings. The Kier molecular flexibility index (Phi) is 2.85. The van der Waals surface area contributed by atoms with Crippen LogP contribution < -0.4 is 10.2 Å². The van der Waals surface area contributed by atoms with E-state index < -0.39 is 23.5 Å². The molecule has 0 aromatic heterocycles. The minimum Gasteiger partial charge on any atom is -0.307 e. The lowest BCUT2D eigenvalue weighted by Crippen LogP contribution is -2.39. The highest BCUT2D eigenvalue weighted by molar-refractivity contribution is 6.04. The summed E-state index contributed by atoms with van der Waals surface area (Å²) in [5.41, 5.74) is 0.773. The van der Waals surface area contributed by atoms with E-state index in [1.807, 2.05) is 0 Å². The van der Waals surface area contributed by atoms with Gasteiger partial charge in [0, 0.05) is 5.69 Å². The maximum Gasteiger partial charge on any atom is 0.326 e. The number of anilines is 2. The molecule has 0 atom stereocenters. The summed E-state index contributed by atoms with van der Waals surface area (Å²) in [6.07, 6.45) is 0. The Labute approximate surface area is 112 Å². The molecule has 6 heteroatoms. The van der Waals surface area contributed by atoms with Gasteiger partial charge in [-0.3, -0.25) is 4.90 Å². The van der Waals surface area contributed by atoms with Gasteiger partial charge in [-0.15, -0.1) is 0 Å². The van der Waals surface area contributed by atoms with Crippen molar-refractivity contribution in [3.05, 3.63) is 59.4 Å². The molecule has 102 valence electrons. The van der Waals surface area contributed by atoms with Crippen LogP contribution in [0.2, 0.25) is 0 Å². The zero-order chi connectivity index (χ0) is 14.3. The molecule has 0 aliphatic carbocycles. The van der Waals surface area contributed by atoms with E-state index in [1.165, 1.54) is 30.3 Å². The van der Waals surface area contributed by atoms with E-state index in [2.05, 4.69) is 5.32 Å². The maximum atomic E-state index is 13.7. The van der Waals surface area contributed by atoms with Crippen molar-refractivity contribution in [1.82, 2.24) is 0 Å². The number of fused-ring (bicyclic) bond motifs is 1. The average Bonchev–Trinajstić information content (AvgIpc) is 2.42. The van der Waals surface area contributed by atoms with E-state index in [1.54, 1.807) is 0 Å². The number of urea groups is 1. The molecule has 0 saturated heterocycles. The number of carbonyl (C=O) groups excluding carboxylic acids is 1. The molecule has 0 unspecified atom stereocenters. The van der Waals surface area contributed by atoms with Gasteiger partial charge >= 0.3 is 6.03 Å². The number of rotatable bonds is 1. The van der Waals surface area contributed by atoms with Gasteiger partial charge in [-0.25, -0.2) is 18.0 Å². The van der Waals surface area contributed by atoms with Crippen molar-refractivity contribution in [2.45, 2.75) is 6.54 Å². The van der Waals surface area contributed by atoms with Crippen LogP contribution in [0.15, 0.2) is 36.4 Å².